The monoisotopic (exact) mass is 293 g/mol. The van der Waals surface area contributed by atoms with E-state index in [1.165, 1.54) is 0 Å². The zero-order chi connectivity index (χ0) is 12.0. The van der Waals surface area contributed by atoms with Crippen molar-refractivity contribution < 1.29 is 19.4 Å². The van der Waals surface area contributed by atoms with E-state index in [1.54, 1.807) is 0 Å². The molecule has 1 amide bonds. The quantitative estimate of drug-likeness (QED) is 0.776. The van der Waals surface area contributed by atoms with Gasteiger partial charge in [-0.25, -0.2) is 9.59 Å². The molecule has 1 rings (SSSR count). The Kier molecular flexibility index (Phi) is 5.05. The molecule has 0 saturated heterocycles. The molecular formula is C10H16BrNO4. The molecule has 2 N–H and O–H groups in total. The van der Waals surface area contributed by atoms with Gasteiger partial charge in [-0.15, -0.1) is 0 Å². The summed E-state index contributed by atoms with van der Waals surface area (Å²) < 4.78 is 4.81. The topological polar surface area (TPSA) is 75.6 Å². The number of amides is 1. The molecule has 0 unspecified atom stereocenters. The largest absolute Gasteiger partial charge is 0.480 e. The van der Waals surface area contributed by atoms with Crippen LogP contribution in [0.2, 0.25) is 0 Å². The Morgan fingerprint density at radius 3 is 2.44 bits per heavy atom. The predicted molar refractivity (Wildman–Crippen MR) is 61.7 cm³/mol. The normalized spacial score (nSPS) is 18.8. The van der Waals surface area contributed by atoms with Crippen molar-refractivity contribution in [2.45, 2.75) is 37.6 Å². The van der Waals surface area contributed by atoms with Gasteiger partial charge in [0.05, 0.1) is 0 Å². The fourth-order valence-electron chi connectivity index (χ4n) is 1.91. The van der Waals surface area contributed by atoms with E-state index in [9.17, 15) is 14.7 Å². The van der Waals surface area contributed by atoms with Crippen molar-refractivity contribution >= 4 is 28.0 Å². The number of hydrogen-bond acceptors (Lipinski definition) is 3. The van der Waals surface area contributed by atoms with E-state index >= 15 is 0 Å². The summed E-state index contributed by atoms with van der Waals surface area (Å²) in [5, 5.41) is 12.2. The maximum absolute atomic E-state index is 11.4. The van der Waals surface area contributed by atoms with E-state index < -0.39 is 17.6 Å². The zero-order valence-corrected chi connectivity index (χ0v) is 10.6. The second-order valence-electron chi connectivity index (χ2n) is 3.90. The molecule has 6 heteroatoms. The lowest BCUT2D eigenvalue weighted by Gasteiger charge is -2.33. The molecule has 0 aromatic carbocycles. The van der Waals surface area contributed by atoms with Crippen molar-refractivity contribution in [1.29, 1.82) is 0 Å². The van der Waals surface area contributed by atoms with Gasteiger partial charge in [-0.3, -0.25) is 0 Å². The molecular weight excluding hydrogens is 278 g/mol. The first-order valence-electron chi connectivity index (χ1n) is 5.35. The first-order valence-corrected chi connectivity index (χ1v) is 6.47. The molecule has 0 atom stereocenters. The second kappa shape index (κ2) is 6.08. The molecule has 0 aromatic heterocycles. The van der Waals surface area contributed by atoms with Crippen LogP contribution in [-0.4, -0.2) is 34.6 Å². The summed E-state index contributed by atoms with van der Waals surface area (Å²) in [5.41, 5.74) is -1.12. The SMILES string of the molecule is O=C(NC1(C(=O)O)CCCCC1)OCCBr. The number of carboxylic acid groups (broad SMARTS) is 1. The molecule has 1 fully saturated rings. The van der Waals surface area contributed by atoms with Crippen LogP contribution in [0.3, 0.4) is 0 Å². The summed E-state index contributed by atoms with van der Waals surface area (Å²) in [6.07, 6.45) is 2.98. The Morgan fingerprint density at radius 1 is 1.31 bits per heavy atom. The molecule has 0 heterocycles. The smallest absolute Gasteiger partial charge is 0.408 e. The average molecular weight is 294 g/mol. The summed E-state index contributed by atoms with van der Waals surface area (Å²) in [6.45, 7) is 0.238. The second-order valence-corrected chi connectivity index (χ2v) is 4.69. The fourth-order valence-corrected chi connectivity index (χ4v) is 2.07. The van der Waals surface area contributed by atoms with Crippen LogP contribution in [0.15, 0.2) is 0 Å². The standard InChI is InChI=1S/C10H16BrNO4/c11-6-7-16-9(15)12-10(8(13)14)4-2-1-3-5-10/h1-7H2,(H,12,15)(H,13,14). The molecule has 0 radical (unpaired) electrons. The third kappa shape index (κ3) is 3.37. The lowest BCUT2D eigenvalue weighted by molar-refractivity contribution is -0.146. The number of hydrogen-bond donors (Lipinski definition) is 2. The van der Waals surface area contributed by atoms with E-state index in [0.29, 0.717) is 18.2 Å². The molecule has 1 aliphatic rings. The summed E-state index contributed by atoms with van der Waals surface area (Å²) in [6, 6.07) is 0. The molecule has 0 aromatic rings. The van der Waals surface area contributed by atoms with Crippen molar-refractivity contribution in [3.05, 3.63) is 0 Å². The van der Waals surface area contributed by atoms with Gasteiger partial charge in [-0.1, -0.05) is 35.2 Å². The number of ether oxygens (including phenoxy) is 1. The number of carbonyl (C=O) groups excluding carboxylic acids is 1. The van der Waals surface area contributed by atoms with Crippen LogP contribution in [0.4, 0.5) is 4.79 Å². The number of nitrogens with one attached hydrogen (secondary N) is 1. The Labute approximate surface area is 103 Å². The molecule has 1 aliphatic carbocycles. The lowest BCUT2D eigenvalue weighted by Crippen LogP contribution is -2.55. The maximum atomic E-state index is 11.4. The number of halogens is 1. The van der Waals surface area contributed by atoms with Crippen LogP contribution >= 0.6 is 15.9 Å². The van der Waals surface area contributed by atoms with Gasteiger partial charge in [0, 0.05) is 5.33 Å². The number of aliphatic carboxylic acids is 1. The van der Waals surface area contributed by atoms with Crippen LogP contribution in [0.1, 0.15) is 32.1 Å². The molecule has 5 nitrogen and oxygen atoms in total. The van der Waals surface area contributed by atoms with Crippen molar-refractivity contribution in [2.75, 3.05) is 11.9 Å². The summed E-state index contributed by atoms with van der Waals surface area (Å²) >= 11 is 3.12. The molecule has 0 spiro atoms. The highest BCUT2D eigenvalue weighted by Gasteiger charge is 2.41. The van der Waals surface area contributed by atoms with Crippen LogP contribution in [0, 0.1) is 0 Å². The minimum atomic E-state index is -1.12. The molecule has 16 heavy (non-hydrogen) atoms. The van der Waals surface area contributed by atoms with Crippen LogP contribution in [0.25, 0.3) is 0 Å². The first-order chi connectivity index (χ1) is 7.60. The Balaban J connectivity index is 2.56. The Morgan fingerprint density at radius 2 is 1.94 bits per heavy atom. The van der Waals surface area contributed by atoms with E-state index in [0.717, 1.165) is 19.3 Å². The summed E-state index contributed by atoms with van der Waals surface area (Å²) in [7, 11) is 0. The molecule has 0 aliphatic heterocycles. The summed E-state index contributed by atoms with van der Waals surface area (Å²) in [5.74, 6) is -0.969. The van der Waals surface area contributed by atoms with E-state index in [4.69, 9.17) is 4.74 Å². The number of carboxylic acids is 1. The highest BCUT2D eigenvalue weighted by atomic mass is 79.9. The van der Waals surface area contributed by atoms with E-state index in [2.05, 4.69) is 21.2 Å². The number of carbonyl (C=O) groups is 2. The summed E-state index contributed by atoms with van der Waals surface area (Å²) in [4.78, 5) is 22.6. The van der Waals surface area contributed by atoms with Gasteiger partial charge in [0.25, 0.3) is 0 Å². The number of rotatable bonds is 4. The Hall–Kier alpha value is -0.780. The third-order valence-electron chi connectivity index (χ3n) is 2.77. The lowest BCUT2D eigenvalue weighted by atomic mass is 9.82. The van der Waals surface area contributed by atoms with Crippen molar-refractivity contribution in [2.24, 2.45) is 0 Å². The molecule has 1 saturated carbocycles. The van der Waals surface area contributed by atoms with Crippen LogP contribution in [0.5, 0.6) is 0 Å². The Bertz CT molecular complexity index is 264. The average Bonchev–Trinajstić information content (AvgIpc) is 2.27. The van der Waals surface area contributed by atoms with Gasteiger partial charge in [0.15, 0.2) is 0 Å². The minimum absolute atomic E-state index is 0.238. The highest BCUT2D eigenvalue weighted by molar-refractivity contribution is 9.09. The zero-order valence-electron chi connectivity index (χ0n) is 9.00. The van der Waals surface area contributed by atoms with E-state index in [1.807, 2.05) is 0 Å². The number of alkyl halides is 1. The van der Waals surface area contributed by atoms with Gasteiger partial charge in [-0.05, 0) is 12.8 Å². The fraction of sp³-hybridized carbons (Fsp3) is 0.800. The first kappa shape index (κ1) is 13.3. The van der Waals surface area contributed by atoms with Gasteiger partial charge in [0.1, 0.15) is 12.1 Å². The van der Waals surface area contributed by atoms with Crippen molar-refractivity contribution in [3.63, 3.8) is 0 Å². The van der Waals surface area contributed by atoms with Gasteiger partial charge in [0.2, 0.25) is 0 Å². The van der Waals surface area contributed by atoms with Crippen molar-refractivity contribution in [1.82, 2.24) is 5.32 Å². The van der Waals surface area contributed by atoms with Crippen LogP contribution in [-0.2, 0) is 9.53 Å². The minimum Gasteiger partial charge on any atom is -0.480 e. The van der Waals surface area contributed by atoms with Gasteiger partial charge < -0.3 is 15.2 Å². The molecule has 92 valence electrons. The van der Waals surface area contributed by atoms with Gasteiger partial charge >= 0.3 is 12.1 Å². The van der Waals surface area contributed by atoms with Crippen LogP contribution < -0.4 is 5.32 Å². The third-order valence-corrected chi connectivity index (χ3v) is 3.09. The maximum Gasteiger partial charge on any atom is 0.408 e. The van der Waals surface area contributed by atoms with Gasteiger partial charge in [-0.2, -0.15) is 0 Å². The van der Waals surface area contributed by atoms with E-state index in [-0.39, 0.29) is 6.61 Å². The molecule has 0 bridgehead atoms. The number of alkyl carbamates (subject to hydrolysis) is 1. The predicted octanol–water partition coefficient (Wildman–Crippen LogP) is 1.89. The van der Waals surface area contributed by atoms with Crippen molar-refractivity contribution in [3.8, 4) is 0 Å². The highest BCUT2D eigenvalue weighted by Crippen LogP contribution is 2.28.